The molecule has 0 aliphatic carbocycles. The van der Waals surface area contributed by atoms with Gasteiger partial charge >= 0.3 is 0 Å². The fourth-order valence-electron chi connectivity index (χ4n) is 1.43. The molecule has 0 unspecified atom stereocenters. The van der Waals surface area contributed by atoms with Gasteiger partial charge in [-0.25, -0.2) is 0 Å². The summed E-state index contributed by atoms with van der Waals surface area (Å²) in [6.45, 7) is 0.579. The summed E-state index contributed by atoms with van der Waals surface area (Å²) in [5.74, 6) is 1.41. The largest absolute Gasteiger partial charge is 0.493 e. The van der Waals surface area contributed by atoms with Crippen molar-refractivity contribution in [2.24, 2.45) is 11.5 Å². The van der Waals surface area contributed by atoms with E-state index in [0.29, 0.717) is 18.0 Å². The van der Waals surface area contributed by atoms with Crippen LogP contribution in [0.3, 0.4) is 0 Å². The van der Waals surface area contributed by atoms with Crippen LogP contribution in [-0.4, -0.2) is 20.8 Å². The van der Waals surface area contributed by atoms with Gasteiger partial charge in [0.05, 0.1) is 14.2 Å². The van der Waals surface area contributed by atoms with Crippen molar-refractivity contribution < 1.29 is 9.47 Å². The van der Waals surface area contributed by atoms with E-state index >= 15 is 0 Å². The Balaban J connectivity index is 2.92. The van der Waals surface area contributed by atoms with Crippen LogP contribution in [0.2, 0.25) is 0 Å². The minimum atomic E-state index is -0.0465. The Labute approximate surface area is 90.2 Å². The third kappa shape index (κ3) is 2.84. The average molecular weight is 210 g/mol. The van der Waals surface area contributed by atoms with Crippen LogP contribution in [0.15, 0.2) is 18.2 Å². The molecule has 1 atom stereocenters. The first-order valence-electron chi connectivity index (χ1n) is 4.90. The van der Waals surface area contributed by atoms with E-state index in [-0.39, 0.29) is 6.04 Å². The van der Waals surface area contributed by atoms with Crippen molar-refractivity contribution in [2.75, 3.05) is 20.8 Å². The van der Waals surface area contributed by atoms with E-state index in [4.69, 9.17) is 20.9 Å². The minimum absolute atomic E-state index is 0.0465. The second-order valence-corrected chi connectivity index (χ2v) is 3.30. The number of nitrogens with two attached hydrogens (primary N) is 2. The minimum Gasteiger partial charge on any atom is -0.493 e. The maximum atomic E-state index is 5.94. The summed E-state index contributed by atoms with van der Waals surface area (Å²) in [6, 6.07) is 5.63. The Kier molecular flexibility index (Phi) is 4.39. The molecule has 1 aromatic carbocycles. The number of benzene rings is 1. The van der Waals surface area contributed by atoms with Crippen molar-refractivity contribution >= 4 is 0 Å². The van der Waals surface area contributed by atoms with Crippen molar-refractivity contribution in [1.29, 1.82) is 0 Å². The fraction of sp³-hybridized carbons (Fsp3) is 0.455. The molecule has 0 spiro atoms. The van der Waals surface area contributed by atoms with Crippen LogP contribution in [0.5, 0.6) is 11.5 Å². The first-order valence-corrected chi connectivity index (χ1v) is 4.90. The Morgan fingerprint density at radius 2 is 1.87 bits per heavy atom. The summed E-state index contributed by atoms with van der Waals surface area (Å²) in [5.41, 5.74) is 12.4. The van der Waals surface area contributed by atoms with Gasteiger partial charge in [-0.15, -0.1) is 0 Å². The van der Waals surface area contributed by atoms with Crippen LogP contribution in [0, 0.1) is 0 Å². The number of rotatable bonds is 5. The SMILES string of the molecule is COc1ccc([C@H](N)CCN)cc1OC. The Morgan fingerprint density at radius 1 is 1.20 bits per heavy atom. The van der Waals surface area contributed by atoms with Crippen LogP contribution in [-0.2, 0) is 0 Å². The number of methoxy groups -OCH3 is 2. The van der Waals surface area contributed by atoms with Crippen LogP contribution in [0.1, 0.15) is 18.0 Å². The summed E-state index contributed by atoms with van der Waals surface area (Å²) < 4.78 is 10.3. The van der Waals surface area contributed by atoms with Gasteiger partial charge in [-0.1, -0.05) is 6.07 Å². The van der Waals surface area contributed by atoms with Gasteiger partial charge in [-0.3, -0.25) is 0 Å². The van der Waals surface area contributed by atoms with Crippen LogP contribution in [0.25, 0.3) is 0 Å². The molecule has 4 N–H and O–H groups in total. The van der Waals surface area contributed by atoms with E-state index in [1.165, 1.54) is 0 Å². The molecule has 0 saturated carbocycles. The second kappa shape index (κ2) is 5.58. The van der Waals surface area contributed by atoms with Crippen molar-refractivity contribution in [2.45, 2.75) is 12.5 Å². The molecule has 0 aliphatic rings. The first kappa shape index (κ1) is 11.8. The molecule has 4 heteroatoms. The predicted octanol–water partition coefficient (Wildman–Crippen LogP) is 1.05. The van der Waals surface area contributed by atoms with Crippen molar-refractivity contribution in [1.82, 2.24) is 0 Å². The van der Waals surface area contributed by atoms with Gasteiger partial charge < -0.3 is 20.9 Å². The Morgan fingerprint density at radius 3 is 2.40 bits per heavy atom. The molecule has 0 fully saturated rings. The van der Waals surface area contributed by atoms with Crippen LogP contribution in [0.4, 0.5) is 0 Å². The smallest absolute Gasteiger partial charge is 0.161 e. The Hall–Kier alpha value is -1.26. The summed E-state index contributed by atoms with van der Waals surface area (Å²) in [7, 11) is 3.22. The lowest BCUT2D eigenvalue weighted by atomic mass is 10.0. The number of hydrogen-bond acceptors (Lipinski definition) is 4. The van der Waals surface area contributed by atoms with Gasteiger partial charge in [-0.05, 0) is 30.7 Å². The van der Waals surface area contributed by atoms with Gasteiger partial charge in [0.2, 0.25) is 0 Å². The third-order valence-electron chi connectivity index (χ3n) is 2.31. The van der Waals surface area contributed by atoms with E-state index in [1.807, 2.05) is 18.2 Å². The van der Waals surface area contributed by atoms with Gasteiger partial charge in [0.1, 0.15) is 0 Å². The molecule has 15 heavy (non-hydrogen) atoms. The maximum Gasteiger partial charge on any atom is 0.161 e. The predicted molar refractivity (Wildman–Crippen MR) is 60.1 cm³/mol. The monoisotopic (exact) mass is 210 g/mol. The number of hydrogen-bond donors (Lipinski definition) is 2. The lowest BCUT2D eigenvalue weighted by Gasteiger charge is -2.14. The highest BCUT2D eigenvalue weighted by atomic mass is 16.5. The molecule has 0 amide bonds. The maximum absolute atomic E-state index is 5.94. The summed E-state index contributed by atoms with van der Waals surface area (Å²) >= 11 is 0. The molecular weight excluding hydrogens is 192 g/mol. The molecule has 1 rings (SSSR count). The normalized spacial score (nSPS) is 12.3. The summed E-state index contributed by atoms with van der Waals surface area (Å²) in [5, 5.41) is 0. The van der Waals surface area contributed by atoms with E-state index in [0.717, 1.165) is 12.0 Å². The molecule has 0 bridgehead atoms. The van der Waals surface area contributed by atoms with Crippen molar-refractivity contribution in [3.63, 3.8) is 0 Å². The van der Waals surface area contributed by atoms with Crippen LogP contribution >= 0.6 is 0 Å². The van der Waals surface area contributed by atoms with E-state index in [1.54, 1.807) is 14.2 Å². The quantitative estimate of drug-likeness (QED) is 0.762. The summed E-state index contributed by atoms with van der Waals surface area (Å²) in [6.07, 6.45) is 0.759. The standard InChI is InChI=1S/C11H18N2O2/c1-14-10-4-3-8(7-11(10)15-2)9(13)5-6-12/h3-4,7,9H,5-6,12-13H2,1-2H3/t9-/m1/s1. The zero-order chi connectivity index (χ0) is 11.3. The fourth-order valence-corrected chi connectivity index (χ4v) is 1.43. The highest BCUT2D eigenvalue weighted by molar-refractivity contribution is 5.43. The molecule has 0 aliphatic heterocycles. The van der Waals surface area contributed by atoms with E-state index in [2.05, 4.69) is 0 Å². The van der Waals surface area contributed by atoms with Gasteiger partial charge in [-0.2, -0.15) is 0 Å². The Bertz CT molecular complexity index is 315. The average Bonchev–Trinajstić information content (AvgIpc) is 2.28. The lowest BCUT2D eigenvalue weighted by Crippen LogP contribution is -2.15. The highest BCUT2D eigenvalue weighted by Crippen LogP contribution is 2.29. The zero-order valence-corrected chi connectivity index (χ0v) is 9.19. The first-order chi connectivity index (χ1) is 7.22. The van der Waals surface area contributed by atoms with Crippen molar-refractivity contribution in [3.05, 3.63) is 23.8 Å². The van der Waals surface area contributed by atoms with Gasteiger partial charge in [0, 0.05) is 6.04 Å². The number of ether oxygens (including phenoxy) is 2. The van der Waals surface area contributed by atoms with Crippen molar-refractivity contribution in [3.8, 4) is 11.5 Å². The molecule has 0 saturated heterocycles. The third-order valence-corrected chi connectivity index (χ3v) is 2.31. The van der Waals surface area contributed by atoms with Gasteiger partial charge in [0.25, 0.3) is 0 Å². The highest BCUT2D eigenvalue weighted by Gasteiger charge is 2.09. The summed E-state index contributed by atoms with van der Waals surface area (Å²) in [4.78, 5) is 0. The van der Waals surface area contributed by atoms with E-state index in [9.17, 15) is 0 Å². The molecule has 0 radical (unpaired) electrons. The second-order valence-electron chi connectivity index (χ2n) is 3.30. The molecule has 84 valence electrons. The van der Waals surface area contributed by atoms with E-state index < -0.39 is 0 Å². The molecule has 4 nitrogen and oxygen atoms in total. The molecular formula is C11H18N2O2. The zero-order valence-electron chi connectivity index (χ0n) is 9.19. The molecule has 0 aromatic heterocycles. The van der Waals surface area contributed by atoms with Crippen LogP contribution < -0.4 is 20.9 Å². The lowest BCUT2D eigenvalue weighted by molar-refractivity contribution is 0.354. The molecule has 0 heterocycles. The van der Waals surface area contributed by atoms with Gasteiger partial charge in [0.15, 0.2) is 11.5 Å². The topological polar surface area (TPSA) is 70.5 Å². The molecule has 1 aromatic rings.